The van der Waals surface area contributed by atoms with Crippen LogP contribution in [0.5, 0.6) is 5.75 Å². The zero-order valence-electron chi connectivity index (χ0n) is 22.8. The van der Waals surface area contributed by atoms with Gasteiger partial charge in [-0.2, -0.15) is 0 Å². The minimum atomic E-state index is -3.94. The summed E-state index contributed by atoms with van der Waals surface area (Å²) in [6.45, 7) is 3.71. The van der Waals surface area contributed by atoms with Crippen LogP contribution in [-0.4, -0.2) is 50.5 Å². The predicted octanol–water partition coefficient (Wildman–Crippen LogP) is 5.00. The number of aliphatic hydroxyl groups excluding tert-OH is 1. The number of nitrogens with zero attached hydrogens (tertiary/aromatic N) is 1. The van der Waals surface area contributed by atoms with Gasteiger partial charge in [-0.1, -0.05) is 36.7 Å². The maximum absolute atomic E-state index is 13.2. The van der Waals surface area contributed by atoms with Crippen LogP contribution in [0.25, 0.3) is 0 Å². The number of amides is 1. The number of aliphatic hydroxyl groups is 1. The van der Waals surface area contributed by atoms with Gasteiger partial charge in [-0.3, -0.25) is 4.79 Å². The number of anilines is 1. The standard InChI is InChI=1S/C31H37ClN2O5S/c1-2-24-6-3-7-28(35)25-11-8-22(25)17-34-18-31(14-4-5-20-15-23(32)10-12-26(20)31)19-39-29-13-9-21(16-27(29)34)30(36)33-40(24,37)38/h3,6,9-10,12-13,15-16,22,24-25,28,35H,2,4-5,7-8,11,14,17-19H2,1H3,(H,33,36)/b6-3-/t22-,24-,25+,28-,31-/m0/s1. The Morgan fingerprint density at radius 2 is 2.05 bits per heavy atom. The van der Waals surface area contributed by atoms with Gasteiger partial charge >= 0.3 is 0 Å². The molecule has 2 N–H and O–H groups in total. The Bertz CT molecular complexity index is 1440. The lowest BCUT2D eigenvalue weighted by molar-refractivity contribution is 0.0177. The van der Waals surface area contributed by atoms with Crippen molar-refractivity contribution < 1.29 is 23.1 Å². The van der Waals surface area contributed by atoms with Crippen LogP contribution in [0.1, 0.15) is 66.9 Å². The highest BCUT2D eigenvalue weighted by atomic mass is 35.5. The number of nitrogens with one attached hydrogen (secondary N) is 1. The molecule has 0 saturated heterocycles. The average molecular weight is 585 g/mol. The number of carbonyl (C=O) groups is 1. The van der Waals surface area contributed by atoms with E-state index < -0.39 is 27.3 Å². The number of halogens is 1. The molecule has 2 aromatic carbocycles. The van der Waals surface area contributed by atoms with Crippen LogP contribution < -0.4 is 14.4 Å². The van der Waals surface area contributed by atoms with Crippen molar-refractivity contribution in [3.8, 4) is 5.75 Å². The molecule has 1 fully saturated rings. The molecule has 2 heterocycles. The molecule has 7 nitrogen and oxygen atoms in total. The summed E-state index contributed by atoms with van der Waals surface area (Å²) in [5.74, 6) is 0.456. The van der Waals surface area contributed by atoms with E-state index in [0.29, 0.717) is 31.7 Å². The van der Waals surface area contributed by atoms with Gasteiger partial charge in [-0.05, 0) is 98.2 Å². The van der Waals surface area contributed by atoms with Crippen LogP contribution in [0, 0.1) is 11.8 Å². The smallest absolute Gasteiger partial charge is 0.264 e. The van der Waals surface area contributed by atoms with Crippen molar-refractivity contribution in [1.29, 1.82) is 0 Å². The highest BCUT2D eigenvalue weighted by Gasteiger charge is 2.44. The summed E-state index contributed by atoms with van der Waals surface area (Å²) in [6.07, 6.45) is 8.47. The average Bonchev–Trinajstić information content (AvgIpc) is 3.05. The number of carbonyl (C=O) groups excluding carboxylic acids is 1. The van der Waals surface area contributed by atoms with E-state index in [4.69, 9.17) is 16.3 Å². The third-order valence-corrected chi connectivity index (χ3v) is 11.5. The topological polar surface area (TPSA) is 95.9 Å². The lowest BCUT2D eigenvalue weighted by Gasteiger charge is -2.45. The molecule has 0 unspecified atom stereocenters. The van der Waals surface area contributed by atoms with Crippen molar-refractivity contribution in [3.63, 3.8) is 0 Å². The van der Waals surface area contributed by atoms with Gasteiger partial charge < -0.3 is 14.7 Å². The van der Waals surface area contributed by atoms with Crippen LogP contribution in [0.2, 0.25) is 5.02 Å². The number of aryl methyl sites for hydroxylation is 1. The molecule has 0 aromatic heterocycles. The van der Waals surface area contributed by atoms with Crippen molar-refractivity contribution in [3.05, 3.63) is 70.3 Å². The van der Waals surface area contributed by atoms with Crippen molar-refractivity contribution >= 4 is 33.2 Å². The van der Waals surface area contributed by atoms with E-state index in [0.717, 1.165) is 49.4 Å². The first-order valence-electron chi connectivity index (χ1n) is 14.4. The number of ether oxygens (including phenoxy) is 1. The quantitative estimate of drug-likeness (QED) is 0.458. The van der Waals surface area contributed by atoms with Crippen LogP contribution in [0.15, 0.2) is 48.6 Å². The first kappa shape index (κ1) is 27.6. The monoisotopic (exact) mass is 584 g/mol. The van der Waals surface area contributed by atoms with E-state index in [1.54, 1.807) is 37.3 Å². The third-order valence-electron chi connectivity index (χ3n) is 9.49. The zero-order chi connectivity index (χ0) is 28.1. The molecule has 1 spiro atoms. The van der Waals surface area contributed by atoms with E-state index in [2.05, 4.69) is 21.8 Å². The SMILES string of the molecule is CC[C@H]1/C=C\C[C@H](O)[C@@H]2CC[C@H]2CN2C[C@@]3(CCCc4cc(Cl)ccc43)COc3ccc(cc32)C(=O)NS1(=O)=O. The van der Waals surface area contributed by atoms with Gasteiger partial charge in [0, 0.05) is 29.1 Å². The molecular weight excluding hydrogens is 548 g/mol. The normalized spacial score (nSPS) is 32.2. The van der Waals surface area contributed by atoms with Gasteiger partial charge in [0.2, 0.25) is 10.0 Å². The van der Waals surface area contributed by atoms with E-state index in [9.17, 15) is 18.3 Å². The Hall–Kier alpha value is -2.55. The largest absolute Gasteiger partial charge is 0.490 e. The highest BCUT2D eigenvalue weighted by molar-refractivity contribution is 7.90. The van der Waals surface area contributed by atoms with Crippen molar-refractivity contribution in [2.45, 2.75) is 68.6 Å². The summed E-state index contributed by atoms with van der Waals surface area (Å²) < 4.78 is 35.0. The lowest BCUT2D eigenvalue weighted by Crippen LogP contribution is -2.49. The number of benzene rings is 2. The molecule has 1 amide bonds. The number of fused-ring (bicyclic) bond motifs is 4. The number of hydrogen-bond acceptors (Lipinski definition) is 6. The van der Waals surface area contributed by atoms with Crippen molar-refractivity contribution in [2.75, 3.05) is 24.6 Å². The molecule has 6 rings (SSSR count). The summed E-state index contributed by atoms with van der Waals surface area (Å²) in [7, 11) is -3.94. The van der Waals surface area contributed by atoms with Crippen molar-refractivity contribution in [2.24, 2.45) is 11.8 Å². The zero-order valence-corrected chi connectivity index (χ0v) is 24.4. The van der Waals surface area contributed by atoms with Gasteiger partial charge in [0.05, 0.1) is 23.6 Å². The molecule has 0 radical (unpaired) electrons. The maximum Gasteiger partial charge on any atom is 0.264 e. The van der Waals surface area contributed by atoms with E-state index in [-0.39, 0.29) is 22.8 Å². The molecule has 9 heteroatoms. The fraction of sp³-hybridized carbons (Fsp3) is 0.516. The first-order chi connectivity index (χ1) is 19.2. The maximum atomic E-state index is 13.2. The van der Waals surface area contributed by atoms with E-state index in [1.807, 2.05) is 6.07 Å². The van der Waals surface area contributed by atoms with E-state index >= 15 is 0 Å². The van der Waals surface area contributed by atoms with E-state index in [1.165, 1.54) is 11.1 Å². The molecule has 214 valence electrons. The molecule has 4 aliphatic rings. The fourth-order valence-corrected chi connectivity index (χ4v) is 8.61. The molecule has 1 saturated carbocycles. The summed E-state index contributed by atoms with van der Waals surface area (Å²) in [5.41, 5.74) is 3.34. The van der Waals surface area contributed by atoms with Crippen LogP contribution in [0.4, 0.5) is 5.69 Å². The highest BCUT2D eigenvalue weighted by Crippen LogP contribution is 2.46. The second-order valence-electron chi connectivity index (χ2n) is 11.9. The number of sulfonamides is 1. The molecule has 2 aliphatic carbocycles. The fourth-order valence-electron chi connectivity index (χ4n) is 7.13. The lowest BCUT2D eigenvalue weighted by atomic mass is 9.68. The van der Waals surface area contributed by atoms with Gasteiger partial charge in [0.25, 0.3) is 5.91 Å². The van der Waals surface area contributed by atoms with Crippen LogP contribution >= 0.6 is 11.6 Å². The first-order valence-corrected chi connectivity index (χ1v) is 16.3. The molecule has 2 aromatic rings. The Morgan fingerprint density at radius 1 is 1.20 bits per heavy atom. The molecule has 5 atom stereocenters. The van der Waals surface area contributed by atoms with Gasteiger partial charge in [-0.15, -0.1) is 0 Å². The summed E-state index contributed by atoms with van der Waals surface area (Å²) in [6, 6.07) is 11.4. The molecule has 2 bridgehead atoms. The Balaban J connectivity index is 1.43. The number of hydrogen-bond donors (Lipinski definition) is 2. The minimum Gasteiger partial charge on any atom is -0.490 e. The van der Waals surface area contributed by atoms with Gasteiger partial charge in [-0.25, -0.2) is 13.1 Å². The van der Waals surface area contributed by atoms with Crippen LogP contribution in [-0.2, 0) is 21.9 Å². The van der Waals surface area contributed by atoms with Gasteiger partial charge in [0.1, 0.15) is 5.75 Å². The van der Waals surface area contributed by atoms with Gasteiger partial charge in [0.15, 0.2) is 0 Å². The summed E-state index contributed by atoms with van der Waals surface area (Å²) in [5, 5.41) is 11.0. The second-order valence-corrected chi connectivity index (χ2v) is 14.3. The molecule has 2 aliphatic heterocycles. The minimum absolute atomic E-state index is 0.135. The Labute approximate surface area is 241 Å². The summed E-state index contributed by atoms with van der Waals surface area (Å²) >= 11 is 6.37. The predicted molar refractivity (Wildman–Crippen MR) is 157 cm³/mol. The third kappa shape index (κ3) is 5.03. The van der Waals surface area contributed by atoms with Crippen LogP contribution in [0.3, 0.4) is 0 Å². The second kappa shape index (κ2) is 10.7. The Kier molecular flexibility index (Phi) is 7.38. The number of rotatable bonds is 1. The Morgan fingerprint density at radius 3 is 2.83 bits per heavy atom. The molecule has 40 heavy (non-hydrogen) atoms. The summed E-state index contributed by atoms with van der Waals surface area (Å²) in [4.78, 5) is 15.6. The molecular formula is C31H37ClN2O5S. The van der Waals surface area contributed by atoms with Crippen molar-refractivity contribution in [1.82, 2.24) is 4.72 Å².